The molecule has 13 heteroatoms. The topological polar surface area (TPSA) is 130 Å². The fourth-order valence-corrected chi connectivity index (χ4v) is 5.89. The Labute approximate surface area is 269 Å². The van der Waals surface area contributed by atoms with Crippen molar-refractivity contribution in [1.82, 2.24) is 30.3 Å². The zero-order valence-electron chi connectivity index (χ0n) is 28.0. The number of rotatable bonds is 6. The molecule has 2 unspecified atom stereocenters. The fraction of sp³-hybridized carbons (Fsp3) is 0.576. The normalized spacial score (nSPS) is 19.3. The number of hydrogen-bond donors (Lipinski definition) is 1. The Morgan fingerprint density at radius 2 is 1.72 bits per heavy atom. The van der Waals surface area contributed by atoms with E-state index >= 15 is 4.39 Å². The van der Waals surface area contributed by atoms with E-state index in [1.165, 1.54) is 18.5 Å². The molecule has 0 saturated carbocycles. The minimum Gasteiger partial charge on any atom is -0.444 e. The van der Waals surface area contributed by atoms with E-state index in [2.05, 4.69) is 30.3 Å². The Morgan fingerprint density at radius 3 is 2.33 bits per heavy atom. The standard InChI is InChI=1S/C33H45FN8O4/c1-20-9-10-25(34)23(15-20)24-18-42(19-26(24)37-31(44)45-33(5,6)7)29-35-16-21(17-36-29)27(43)40(8)22-11-13-41(14-12-22)30-38-28(39-46-30)32(2,3)4/h9-10,15-17,22,24,26H,11-14,18-19H2,1-8H3,(H,37,44). The minimum absolute atomic E-state index is 0.0386. The molecule has 2 aliphatic rings. The first-order valence-corrected chi connectivity index (χ1v) is 15.8. The van der Waals surface area contributed by atoms with E-state index in [1.54, 1.807) is 44.9 Å². The summed E-state index contributed by atoms with van der Waals surface area (Å²) in [5.41, 5.74) is 0.940. The van der Waals surface area contributed by atoms with Gasteiger partial charge < -0.3 is 29.3 Å². The number of alkyl carbamates (subject to hydrolysis) is 1. The number of aromatic nitrogens is 4. The van der Waals surface area contributed by atoms with Crippen LogP contribution in [0.1, 0.15) is 87.6 Å². The van der Waals surface area contributed by atoms with Crippen LogP contribution in [0.4, 0.5) is 21.1 Å². The minimum atomic E-state index is -0.674. The van der Waals surface area contributed by atoms with Crippen LogP contribution in [0.15, 0.2) is 35.1 Å². The lowest BCUT2D eigenvalue weighted by atomic mass is 9.92. The van der Waals surface area contributed by atoms with Crippen LogP contribution in [0.25, 0.3) is 0 Å². The Bertz CT molecular complexity index is 1540. The summed E-state index contributed by atoms with van der Waals surface area (Å²) in [4.78, 5) is 45.4. The Hall–Kier alpha value is -4.29. The molecule has 0 bridgehead atoms. The van der Waals surface area contributed by atoms with E-state index in [0.29, 0.717) is 55.1 Å². The van der Waals surface area contributed by atoms with Crippen LogP contribution in [0.5, 0.6) is 0 Å². The van der Waals surface area contributed by atoms with E-state index in [9.17, 15) is 9.59 Å². The first-order chi connectivity index (χ1) is 21.6. The van der Waals surface area contributed by atoms with Crippen molar-refractivity contribution in [3.8, 4) is 0 Å². The molecule has 12 nitrogen and oxygen atoms in total. The van der Waals surface area contributed by atoms with Gasteiger partial charge in [0.05, 0.1) is 11.6 Å². The third kappa shape index (κ3) is 7.56. The smallest absolute Gasteiger partial charge is 0.407 e. The Balaban J connectivity index is 1.23. The van der Waals surface area contributed by atoms with Crippen molar-refractivity contribution in [2.45, 2.75) is 90.3 Å². The van der Waals surface area contributed by atoms with Crippen LogP contribution in [0.2, 0.25) is 0 Å². The van der Waals surface area contributed by atoms with Crippen molar-refractivity contribution in [2.75, 3.05) is 43.0 Å². The summed E-state index contributed by atoms with van der Waals surface area (Å²) < 4.78 is 26.0. The maximum absolute atomic E-state index is 15.0. The second-order valence-corrected chi connectivity index (χ2v) is 14.3. The predicted molar refractivity (Wildman–Crippen MR) is 172 cm³/mol. The molecule has 0 radical (unpaired) electrons. The molecule has 2 aromatic heterocycles. The lowest BCUT2D eigenvalue weighted by Gasteiger charge is -2.35. The zero-order chi connectivity index (χ0) is 33.4. The number of anilines is 2. The molecule has 1 aromatic carbocycles. The quantitative estimate of drug-likeness (QED) is 0.401. The third-order valence-corrected chi connectivity index (χ3v) is 8.43. The van der Waals surface area contributed by atoms with E-state index < -0.39 is 17.7 Å². The molecule has 3 aromatic rings. The predicted octanol–water partition coefficient (Wildman–Crippen LogP) is 4.84. The zero-order valence-corrected chi connectivity index (χ0v) is 28.0. The summed E-state index contributed by atoms with van der Waals surface area (Å²) in [7, 11) is 1.80. The molecule has 5 rings (SSSR count). The molecule has 2 aliphatic heterocycles. The summed E-state index contributed by atoms with van der Waals surface area (Å²) in [6.07, 6.45) is 4.00. The number of carbonyl (C=O) groups is 2. The highest BCUT2D eigenvalue weighted by Gasteiger charge is 2.38. The fourth-order valence-electron chi connectivity index (χ4n) is 5.89. The number of halogens is 1. The average molecular weight is 637 g/mol. The molecule has 0 aliphatic carbocycles. The van der Waals surface area contributed by atoms with E-state index in [4.69, 9.17) is 9.26 Å². The van der Waals surface area contributed by atoms with Gasteiger partial charge in [0.1, 0.15) is 11.4 Å². The number of piperidine rings is 1. The average Bonchev–Trinajstić information content (AvgIpc) is 3.65. The first-order valence-electron chi connectivity index (χ1n) is 15.8. The lowest BCUT2D eigenvalue weighted by Crippen LogP contribution is -2.45. The van der Waals surface area contributed by atoms with Crippen LogP contribution in [0, 0.1) is 12.7 Å². The Morgan fingerprint density at radius 1 is 1.04 bits per heavy atom. The number of aryl methyl sites for hydroxylation is 1. The number of carbonyl (C=O) groups excluding carboxylic acids is 2. The van der Waals surface area contributed by atoms with Gasteiger partial charge in [0.15, 0.2) is 5.82 Å². The van der Waals surface area contributed by atoms with Gasteiger partial charge >= 0.3 is 12.1 Å². The maximum atomic E-state index is 15.0. The van der Waals surface area contributed by atoms with Gasteiger partial charge in [-0.25, -0.2) is 19.2 Å². The number of nitrogens with one attached hydrogen (secondary N) is 1. The van der Waals surface area contributed by atoms with Gasteiger partial charge in [0, 0.05) is 63.0 Å². The molecule has 0 spiro atoms. The van der Waals surface area contributed by atoms with Gasteiger partial charge in [0.25, 0.3) is 5.91 Å². The van der Waals surface area contributed by atoms with Crippen LogP contribution in [-0.2, 0) is 10.2 Å². The van der Waals surface area contributed by atoms with Crippen LogP contribution in [-0.4, -0.2) is 87.9 Å². The van der Waals surface area contributed by atoms with Crippen molar-refractivity contribution in [3.63, 3.8) is 0 Å². The summed E-state index contributed by atoms with van der Waals surface area (Å²) in [6.45, 7) is 15.5. The summed E-state index contributed by atoms with van der Waals surface area (Å²) >= 11 is 0. The van der Waals surface area contributed by atoms with Crippen molar-refractivity contribution in [3.05, 3.63) is 58.9 Å². The van der Waals surface area contributed by atoms with Gasteiger partial charge in [-0.15, -0.1) is 0 Å². The summed E-state index contributed by atoms with van der Waals surface area (Å²) in [6, 6.07) is 5.08. The first kappa shape index (κ1) is 33.1. The molecule has 4 heterocycles. The molecule has 2 atom stereocenters. The molecule has 1 N–H and O–H groups in total. The van der Waals surface area contributed by atoms with E-state index in [1.807, 2.05) is 32.6 Å². The van der Waals surface area contributed by atoms with Gasteiger partial charge in [-0.2, -0.15) is 4.98 Å². The van der Waals surface area contributed by atoms with Crippen LogP contribution >= 0.6 is 0 Å². The second-order valence-electron chi connectivity index (χ2n) is 14.3. The summed E-state index contributed by atoms with van der Waals surface area (Å²) in [5, 5.41) is 7.06. The highest BCUT2D eigenvalue weighted by atomic mass is 19.1. The number of nitrogens with zero attached hydrogens (tertiary/aromatic N) is 7. The monoisotopic (exact) mass is 636 g/mol. The van der Waals surface area contributed by atoms with Crippen molar-refractivity contribution < 1.29 is 23.2 Å². The Kier molecular flexibility index (Phi) is 9.23. The van der Waals surface area contributed by atoms with Crippen molar-refractivity contribution in [2.24, 2.45) is 0 Å². The number of ether oxygens (including phenoxy) is 1. The maximum Gasteiger partial charge on any atom is 0.407 e. The molecule has 46 heavy (non-hydrogen) atoms. The largest absolute Gasteiger partial charge is 0.444 e. The van der Waals surface area contributed by atoms with Crippen LogP contribution < -0.4 is 15.1 Å². The molecule has 2 amide bonds. The number of benzene rings is 1. The van der Waals surface area contributed by atoms with Crippen LogP contribution in [0.3, 0.4) is 0 Å². The van der Waals surface area contributed by atoms with Gasteiger partial charge in [-0.3, -0.25) is 4.79 Å². The molecular formula is C33H45FN8O4. The van der Waals surface area contributed by atoms with E-state index in [0.717, 1.165) is 18.4 Å². The highest BCUT2D eigenvalue weighted by Crippen LogP contribution is 2.32. The molecule has 2 fully saturated rings. The highest BCUT2D eigenvalue weighted by molar-refractivity contribution is 5.93. The molecule has 248 valence electrons. The van der Waals surface area contributed by atoms with Gasteiger partial charge in [-0.1, -0.05) is 43.6 Å². The van der Waals surface area contributed by atoms with Gasteiger partial charge in [0.2, 0.25) is 5.95 Å². The van der Waals surface area contributed by atoms with E-state index in [-0.39, 0.29) is 29.1 Å². The molecule has 2 saturated heterocycles. The number of amides is 2. The van der Waals surface area contributed by atoms with Crippen molar-refractivity contribution >= 4 is 24.0 Å². The van der Waals surface area contributed by atoms with Gasteiger partial charge in [-0.05, 0) is 52.2 Å². The van der Waals surface area contributed by atoms with Crippen molar-refractivity contribution in [1.29, 1.82) is 0 Å². The SMILES string of the molecule is Cc1ccc(F)c(C2CN(c3ncc(C(=O)N(C)C4CCN(c5nc(C(C)(C)C)no5)CC4)cn3)CC2NC(=O)OC(C)(C)C)c1. The lowest BCUT2D eigenvalue weighted by molar-refractivity contribution is 0.0504. The third-order valence-electron chi connectivity index (χ3n) is 8.43. The second kappa shape index (κ2) is 12.8. The number of hydrogen-bond acceptors (Lipinski definition) is 10. The molecular weight excluding hydrogens is 591 g/mol. The summed E-state index contributed by atoms with van der Waals surface area (Å²) in [5.74, 6) is 0.205.